The van der Waals surface area contributed by atoms with Crippen LogP contribution in [0.5, 0.6) is 0 Å². The molecule has 0 spiro atoms. The van der Waals surface area contributed by atoms with Gasteiger partial charge in [0.05, 0.1) is 6.61 Å². The normalized spacial score (nSPS) is 11.1. The maximum absolute atomic E-state index is 11.7. The Morgan fingerprint density at radius 1 is 1.54 bits per heavy atom. The van der Waals surface area contributed by atoms with Gasteiger partial charge in [0.15, 0.2) is 0 Å². The van der Waals surface area contributed by atoms with Gasteiger partial charge in [-0.2, -0.15) is 0 Å². The fraction of sp³-hybridized carbons (Fsp3) is 0.700. The van der Waals surface area contributed by atoms with Crippen LogP contribution >= 0.6 is 0 Å². The van der Waals surface area contributed by atoms with Crippen LogP contribution in [0.2, 0.25) is 0 Å². The number of hydrogen-bond donors (Lipinski definition) is 1. The van der Waals surface area contributed by atoms with E-state index in [-0.39, 0.29) is 12.5 Å². The molecule has 0 unspecified atom stereocenters. The van der Waals surface area contributed by atoms with Crippen molar-refractivity contribution in [3.8, 4) is 0 Å². The maximum atomic E-state index is 11.7. The van der Waals surface area contributed by atoms with Crippen LogP contribution in [0, 0.1) is 5.41 Å². The molecular formula is C10H19NO2. The van der Waals surface area contributed by atoms with Crippen molar-refractivity contribution in [3.05, 3.63) is 12.7 Å². The molecule has 0 rings (SSSR count). The number of nitrogens with zero attached hydrogens (tertiary/aromatic N) is 1. The van der Waals surface area contributed by atoms with Crippen molar-refractivity contribution in [2.24, 2.45) is 5.41 Å². The van der Waals surface area contributed by atoms with E-state index >= 15 is 0 Å². The number of aliphatic hydroxyl groups excluding tert-OH is 1. The molecule has 0 atom stereocenters. The zero-order valence-corrected chi connectivity index (χ0v) is 8.71. The van der Waals surface area contributed by atoms with Gasteiger partial charge in [-0.15, -0.1) is 6.58 Å². The summed E-state index contributed by atoms with van der Waals surface area (Å²) in [5, 5.41) is 8.75. The highest BCUT2D eigenvalue weighted by Crippen LogP contribution is 2.16. The van der Waals surface area contributed by atoms with Crippen LogP contribution in [0.3, 0.4) is 0 Å². The first kappa shape index (κ1) is 12.2. The summed E-state index contributed by atoms with van der Waals surface area (Å²) in [4.78, 5) is 13.3. The first-order valence-corrected chi connectivity index (χ1v) is 4.44. The van der Waals surface area contributed by atoms with Crippen molar-refractivity contribution in [1.29, 1.82) is 0 Å². The van der Waals surface area contributed by atoms with E-state index in [1.54, 1.807) is 11.0 Å². The predicted octanol–water partition coefficient (Wildman–Crippen LogP) is 1.04. The van der Waals surface area contributed by atoms with E-state index in [1.165, 1.54) is 0 Å². The van der Waals surface area contributed by atoms with Gasteiger partial charge < -0.3 is 10.0 Å². The SMILES string of the molecule is C=CCN(CCO)C(=O)C(C)(C)C. The Bertz CT molecular complexity index is 182. The molecule has 3 nitrogen and oxygen atoms in total. The lowest BCUT2D eigenvalue weighted by atomic mass is 9.95. The van der Waals surface area contributed by atoms with Gasteiger partial charge in [0.1, 0.15) is 0 Å². The molecule has 1 amide bonds. The van der Waals surface area contributed by atoms with Crippen molar-refractivity contribution in [3.63, 3.8) is 0 Å². The average molecular weight is 185 g/mol. The second-order valence-electron chi connectivity index (χ2n) is 4.01. The molecule has 0 aliphatic carbocycles. The molecule has 0 fully saturated rings. The van der Waals surface area contributed by atoms with Crippen molar-refractivity contribution in [1.82, 2.24) is 4.90 Å². The summed E-state index contributed by atoms with van der Waals surface area (Å²) in [6, 6.07) is 0. The highest BCUT2D eigenvalue weighted by Gasteiger charge is 2.25. The molecule has 0 aromatic carbocycles. The molecule has 0 heterocycles. The molecule has 0 aliphatic heterocycles. The highest BCUT2D eigenvalue weighted by molar-refractivity contribution is 5.81. The van der Waals surface area contributed by atoms with E-state index in [0.29, 0.717) is 13.1 Å². The molecule has 0 radical (unpaired) electrons. The van der Waals surface area contributed by atoms with Gasteiger partial charge in [0, 0.05) is 18.5 Å². The monoisotopic (exact) mass is 185 g/mol. The van der Waals surface area contributed by atoms with E-state index in [2.05, 4.69) is 6.58 Å². The Kier molecular flexibility index (Phi) is 4.70. The van der Waals surface area contributed by atoms with Crippen LogP contribution in [-0.4, -0.2) is 35.6 Å². The predicted molar refractivity (Wildman–Crippen MR) is 53.3 cm³/mol. The molecule has 0 aliphatic rings. The van der Waals surface area contributed by atoms with Crippen molar-refractivity contribution in [2.75, 3.05) is 19.7 Å². The Hall–Kier alpha value is -0.830. The smallest absolute Gasteiger partial charge is 0.228 e. The van der Waals surface area contributed by atoms with Crippen LogP contribution < -0.4 is 0 Å². The van der Waals surface area contributed by atoms with Gasteiger partial charge in [-0.05, 0) is 0 Å². The number of rotatable bonds is 4. The Labute approximate surface area is 80.0 Å². The number of carbonyl (C=O) groups is 1. The van der Waals surface area contributed by atoms with E-state index in [4.69, 9.17) is 5.11 Å². The Morgan fingerprint density at radius 3 is 2.38 bits per heavy atom. The first-order valence-electron chi connectivity index (χ1n) is 4.44. The average Bonchev–Trinajstić information content (AvgIpc) is 2.01. The van der Waals surface area contributed by atoms with Crippen LogP contribution in [-0.2, 0) is 4.79 Å². The van der Waals surface area contributed by atoms with Gasteiger partial charge in [0.2, 0.25) is 5.91 Å². The fourth-order valence-electron chi connectivity index (χ4n) is 1.03. The second kappa shape index (κ2) is 5.02. The summed E-state index contributed by atoms with van der Waals surface area (Å²) in [6.07, 6.45) is 1.67. The first-order chi connectivity index (χ1) is 5.93. The van der Waals surface area contributed by atoms with Gasteiger partial charge in [-0.3, -0.25) is 4.79 Å². The second-order valence-corrected chi connectivity index (χ2v) is 4.01. The minimum atomic E-state index is -0.391. The van der Waals surface area contributed by atoms with Gasteiger partial charge in [-0.25, -0.2) is 0 Å². The standard InChI is InChI=1S/C10H19NO2/c1-5-6-11(7-8-12)9(13)10(2,3)4/h5,12H,1,6-8H2,2-4H3. The summed E-state index contributed by atoms with van der Waals surface area (Å²) < 4.78 is 0. The third kappa shape index (κ3) is 4.08. The van der Waals surface area contributed by atoms with Crippen molar-refractivity contribution < 1.29 is 9.90 Å². The summed E-state index contributed by atoms with van der Waals surface area (Å²) in [7, 11) is 0. The quantitative estimate of drug-likeness (QED) is 0.665. The van der Waals surface area contributed by atoms with E-state index < -0.39 is 5.41 Å². The van der Waals surface area contributed by atoms with Gasteiger partial charge in [-0.1, -0.05) is 26.8 Å². The molecule has 1 N–H and O–H groups in total. The van der Waals surface area contributed by atoms with Gasteiger partial charge >= 0.3 is 0 Å². The molecule has 13 heavy (non-hydrogen) atoms. The van der Waals surface area contributed by atoms with Crippen molar-refractivity contribution in [2.45, 2.75) is 20.8 Å². The molecular weight excluding hydrogens is 166 g/mol. The number of amides is 1. The summed E-state index contributed by atoms with van der Waals surface area (Å²) in [5.41, 5.74) is -0.391. The summed E-state index contributed by atoms with van der Waals surface area (Å²) in [6.45, 7) is 10.0. The molecule has 0 bridgehead atoms. The molecule has 76 valence electrons. The minimum absolute atomic E-state index is 0.00431. The van der Waals surface area contributed by atoms with Crippen LogP contribution in [0.25, 0.3) is 0 Å². The highest BCUT2D eigenvalue weighted by atomic mass is 16.3. The minimum Gasteiger partial charge on any atom is -0.395 e. The number of carbonyl (C=O) groups excluding carboxylic acids is 1. The van der Waals surface area contributed by atoms with E-state index in [9.17, 15) is 4.79 Å². The molecule has 0 aromatic heterocycles. The van der Waals surface area contributed by atoms with Gasteiger partial charge in [0.25, 0.3) is 0 Å². The third-order valence-electron chi connectivity index (χ3n) is 1.65. The molecule has 3 heteroatoms. The lowest BCUT2D eigenvalue weighted by molar-refractivity contribution is -0.139. The number of hydrogen-bond acceptors (Lipinski definition) is 2. The molecule has 0 saturated carbocycles. The largest absolute Gasteiger partial charge is 0.395 e. The zero-order valence-electron chi connectivity index (χ0n) is 8.71. The molecule has 0 aromatic rings. The Balaban J connectivity index is 4.36. The lowest BCUT2D eigenvalue weighted by Crippen LogP contribution is -2.41. The van der Waals surface area contributed by atoms with E-state index in [0.717, 1.165) is 0 Å². The maximum Gasteiger partial charge on any atom is 0.228 e. The van der Waals surface area contributed by atoms with E-state index in [1.807, 2.05) is 20.8 Å². The summed E-state index contributed by atoms with van der Waals surface area (Å²) in [5.74, 6) is 0.0430. The van der Waals surface area contributed by atoms with Crippen LogP contribution in [0.4, 0.5) is 0 Å². The van der Waals surface area contributed by atoms with Crippen LogP contribution in [0.1, 0.15) is 20.8 Å². The third-order valence-corrected chi connectivity index (χ3v) is 1.65. The summed E-state index contributed by atoms with van der Waals surface area (Å²) >= 11 is 0. The lowest BCUT2D eigenvalue weighted by Gasteiger charge is -2.27. The zero-order chi connectivity index (χ0) is 10.5. The van der Waals surface area contributed by atoms with Crippen molar-refractivity contribution >= 4 is 5.91 Å². The topological polar surface area (TPSA) is 40.5 Å². The fourth-order valence-corrected chi connectivity index (χ4v) is 1.03. The number of aliphatic hydroxyl groups is 1. The van der Waals surface area contributed by atoms with Crippen LogP contribution in [0.15, 0.2) is 12.7 Å². The molecule has 0 saturated heterocycles. The Morgan fingerprint density at radius 2 is 2.08 bits per heavy atom.